The Morgan fingerprint density at radius 3 is 2.32 bits per heavy atom. The molecule has 2 fully saturated rings. The lowest BCUT2D eigenvalue weighted by molar-refractivity contribution is 0.427. The van der Waals surface area contributed by atoms with E-state index in [1.165, 1.54) is 0 Å². The van der Waals surface area contributed by atoms with E-state index < -0.39 is 10.0 Å². The summed E-state index contributed by atoms with van der Waals surface area (Å²) in [5.74, 6) is 0.724. The predicted molar refractivity (Wildman–Crippen MR) is 102 cm³/mol. The lowest BCUT2D eigenvalue weighted by Crippen LogP contribution is -2.33. The zero-order valence-corrected chi connectivity index (χ0v) is 15.5. The summed E-state index contributed by atoms with van der Waals surface area (Å²) in [6.07, 6.45) is 2.06. The van der Waals surface area contributed by atoms with Crippen LogP contribution >= 0.6 is 12.4 Å². The molecule has 1 saturated heterocycles. The average molecular weight is 379 g/mol. The van der Waals surface area contributed by atoms with Gasteiger partial charge in [0.25, 0.3) is 0 Å². The maximum atomic E-state index is 13.3. The zero-order chi connectivity index (χ0) is 16.7. The number of nitrogens with two attached hydrogens (primary N) is 1. The fourth-order valence-corrected chi connectivity index (χ4v) is 5.90. The number of benzene rings is 2. The molecule has 2 N–H and O–H groups in total. The van der Waals surface area contributed by atoms with E-state index in [1.807, 2.05) is 42.5 Å². The smallest absolute Gasteiger partial charge is 0.243 e. The molecule has 2 aromatic rings. The summed E-state index contributed by atoms with van der Waals surface area (Å²) >= 11 is 0. The summed E-state index contributed by atoms with van der Waals surface area (Å²) in [6, 6.07) is 17.1. The largest absolute Gasteiger partial charge is 0.327 e. The van der Waals surface area contributed by atoms with Crippen molar-refractivity contribution in [1.29, 1.82) is 0 Å². The van der Waals surface area contributed by atoms with Crippen LogP contribution in [0.2, 0.25) is 0 Å². The Kier molecular flexibility index (Phi) is 5.21. The first kappa shape index (κ1) is 18.4. The molecule has 0 aromatic heterocycles. The van der Waals surface area contributed by atoms with Gasteiger partial charge >= 0.3 is 0 Å². The first-order valence-electron chi connectivity index (χ1n) is 8.47. The third-order valence-corrected chi connectivity index (χ3v) is 7.36. The first-order valence-corrected chi connectivity index (χ1v) is 9.91. The molecule has 3 unspecified atom stereocenters. The minimum absolute atomic E-state index is 0. The number of fused-ring (bicyclic) bond motifs is 1. The lowest BCUT2D eigenvalue weighted by atomic mass is 9.98. The Balaban J connectivity index is 0.00000182. The van der Waals surface area contributed by atoms with Crippen molar-refractivity contribution in [2.45, 2.75) is 23.8 Å². The van der Waals surface area contributed by atoms with E-state index in [1.54, 1.807) is 16.4 Å². The number of hydrogen-bond donors (Lipinski definition) is 1. The van der Waals surface area contributed by atoms with E-state index in [0.29, 0.717) is 29.8 Å². The minimum atomic E-state index is -3.51. The molecule has 0 amide bonds. The second kappa shape index (κ2) is 7.08. The Morgan fingerprint density at radius 1 is 0.920 bits per heavy atom. The highest BCUT2D eigenvalue weighted by Gasteiger charge is 2.45. The molecule has 0 radical (unpaired) electrons. The number of nitrogens with zero attached hydrogens (tertiary/aromatic N) is 1. The molecule has 4 nitrogen and oxygen atoms in total. The van der Waals surface area contributed by atoms with Crippen molar-refractivity contribution in [3.63, 3.8) is 0 Å². The van der Waals surface area contributed by atoms with Crippen molar-refractivity contribution in [1.82, 2.24) is 4.31 Å². The van der Waals surface area contributed by atoms with Gasteiger partial charge < -0.3 is 5.73 Å². The lowest BCUT2D eigenvalue weighted by Gasteiger charge is -2.20. The zero-order valence-electron chi connectivity index (χ0n) is 13.9. The summed E-state index contributed by atoms with van der Waals surface area (Å²) in [5.41, 5.74) is 7.85. The van der Waals surface area contributed by atoms with Crippen LogP contribution in [0.4, 0.5) is 0 Å². The summed E-state index contributed by atoms with van der Waals surface area (Å²) in [7, 11) is -3.51. The number of sulfonamides is 1. The van der Waals surface area contributed by atoms with Gasteiger partial charge in [0.1, 0.15) is 0 Å². The number of halogens is 1. The molecule has 25 heavy (non-hydrogen) atoms. The molecule has 1 aliphatic carbocycles. The monoisotopic (exact) mass is 378 g/mol. The van der Waals surface area contributed by atoms with Crippen LogP contribution in [0.1, 0.15) is 12.8 Å². The van der Waals surface area contributed by atoms with Crippen LogP contribution in [-0.2, 0) is 10.0 Å². The average Bonchev–Trinajstić information content (AvgIpc) is 3.19. The van der Waals surface area contributed by atoms with E-state index in [4.69, 9.17) is 5.73 Å². The number of rotatable bonds is 3. The molecule has 4 rings (SSSR count). The van der Waals surface area contributed by atoms with Crippen molar-refractivity contribution in [3.05, 3.63) is 54.6 Å². The molecule has 1 aliphatic heterocycles. The molecule has 1 saturated carbocycles. The first-order chi connectivity index (χ1) is 11.6. The molecule has 0 spiro atoms. The van der Waals surface area contributed by atoms with Crippen LogP contribution < -0.4 is 5.73 Å². The van der Waals surface area contributed by atoms with Crippen LogP contribution in [0.5, 0.6) is 0 Å². The molecular formula is C19H23ClN2O2S. The van der Waals surface area contributed by atoms with Gasteiger partial charge in [-0.3, -0.25) is 0 Å². The van der Waals surface area contributed by atoms with Crippen LogP contribution in [0.25, 0.3) is 11.1 Å². The van der Waals surface area contributed by atoms with Gasteiger partial charge in [-0.05, 0) is 36.3 Å². The number of hydrogen-bond acceptors (Lipinski definition) is 3. The van der Waals surface area contributed by atoms with E-state index in [9.17, 15) is 8.42 Å². The van der Waals surface area contributed by atoms with Crippen LogP contribution in [0.15, 0.2) is 59.5 Å². The molecule has 0 bridgehead atoms. The van der Waals surface area contributed by atoms with Crippen LogP contribution in [0, 0.1) is 11.8 Å². The van der Waals surface area contributed by atoms with Gasteiger partial charge in [-0.15, -0.1) is 12.4 Å². The minimum Gasteiger partial charge on any atom is -0.327 e. The van der Waals surface area contributed by atoms with Gasteiger partial charge in [-0.2, -0.15) is 4.31 Å². The fraction of sp³-hybridized carbons (Fsp3) is 0.368. The van der Waals surface area contributed by atoms with Gasteiger partial charge in [0, 0.05) is 24.7 Å². The molecule has 6 heteroatoms. The molecule has 3 atom stereocenters. The third-order valence-electron chi connectivity index (χ3n) is 5.47. The van der Waals surface area contributed by atoms with Gasteiger partial charge in [0.15, 0.2) is 0 Å². The Labute approximate surface area is 155 Å². The summed E-state index contributed by atoms with van der Waals surface area (Å²) in [4.78, 5) is 0.393. The SMILES string of the molecule is Cl.NC1CCC2CN(S(=O)(=O)c3ccccc3-c3ccccc3)CC12. The second-order valence-electron chi connectivity index (χ2n) is 6.85. The van der Waals surface area contributed by atoms with E-state index in [-0.39, 0.29) is 18.4 Å². The van der Waals surface area contributed by atoms with Crippen molar-refractivity contribution < 1.29 is 8.42 Å². The Morgan fingerprint density at radius 2 is 1.60 bits per heavy atom. The molecule has 134 valence electrons. The maximum absolute atomic E-state index is 13.3. The van der Waals surface area contributed by atoms with Crippen molar-refractivity contribution in [2.75, 3.05) is 13.1 Å². The van der Waals surface area contributed by atoms with Gasteiger partial charge in [-0.25, -0.2) is 8.42 Å². The van der Waals surface area contributed by atoms with Crippen molar-refractivity contribution in [2.24, 2.45) is 17.6 Å². The molecule has 1 heterocycles. The highest BCUT2D eigenvalue weighted by molar-refractivity contribution is 7.89. The fourth-order valence-electron chi connectivity index (χ4n) is 4.15. The topological polar surface area (TPSA) is 63.4 Å². The second-order valence-corrected chi connectivity index (χ2v) is 8.76. The van der Waals surface area contributed by atoms with E-state index >= 15 is 0 Å². The van der Waals surface area contributed by atoms with Crippen LogP contribution in [-0.4, -0.2) is 31.9 Å². The van der Waals surface area contributed by atoms with Crippen LogP contribution in [0.3, 0.4) is 0 Å². The molecule has 2 aliphatic rings. The summed E-state index contributed by atoms with van der Waals surface area (Å²) in [6.45, 7) is 1.15. The normalized spacial score (nSPS) is 26.2. The van der Waals surface area contributed by atoms with Gasteiger partial charge in [-0.1, -0.05) is 48.5 Å². The summed E-state index contributed by atoms with van der Waals surface area (Å²) < 4.78 is 28.1. The van der Waals surface area contributed by atoms with Crippen molar-refractivity contribution >= 4 is 22.4 Å². The van der Waals surface area contributed by atoms with Gasteiger partial charge in [0.2, 0.25) is 10.0 Å². The maximum Gasteiger partial charge on any atom is 0.243 e. The highest BCUT2D eigenvalue weighted by Crippen LogP contribution is 2.40. The van der Waals surface area contributed by atoms with Gasteiger partial charge in [0.05, 0.1) is 4.90 Å². The van der Waals surface area contributed by atoms with E-state index in [2.05, 4.69) is 0 Å². The molecular weight excluding hydrogens is 356 g/mol. The predicted octanol–water partition coefficient (Wildman–Crippen LogP) is 3.13. The standard InChI is InChI=1S/C19H22N2O2S.ClH/c20-18-11-10-15-12-21(13-17(15)18)24(22,23)19-9-5-4-8-16(19)14-6-2-1-3-7-14;/h1-9,15,17-18H,10-13,20H2;1H. The highest BCUT2D eigenvalue weighted by atomic mass is 35.5. The van der Waals surface area contributed by atoms with Crippen molar-refractivity contribution in [3.8, 4) is 11.1 Å². The Bertz CT molecular complexity index is 842. The quantitative estimate of drug-likeness (QED) is 0.892. The summed E-state index contributed by atoms with van der Waals surface area (Å²) in [5, 5.41) is 0. The third kappa shape index (κ3) is 3.22. The molecule has 2 aromatic carbocycles. The van der Waals surface area contributed by atoms with E-state index in [0.717, 1.165) is 24.0 Å². The Hall–Kier alpha value is -1.40.